The zero-order valence-electron chi connectivity index (χ0n) is 20.7. The number of hydrogen-bond donors (Lipinski definition) is 4. The van der Waals surface area contributed by atoms with Gasteiger partial charge in [-0.15, -0.1) is 11.3 Å². The Morgan fingerprint density at radius 3 is 2.33 bits per heavy atom. The number of aryl methyl sites for hydroxylation is 3. The van der Waals surface area contributed by atoms with E-state index >= 15 is 0 Å². The number of carbonyl (C=O) groups is 1. The van der Waals surface area contributed by atoms with Crippen LogP contribution in [0.1, 0.15) is 71.5 Å². The van der Waals surface area contributed by atoms with Crippen molar-refractivity contribution in [1.29, 1.82) is 0 Å². The van der Waals surface area contributed by atoms with Crippen LogP contribution in [-0.2, 0) is 12.8 Å². The lowest BCUT2D eigenvalue weighted by atomic mass is 9.95. The molecule has 4 N–H and O–H groups in total. The van der Waals surface area contributed by atoms with E-state index in [4.69, 9.17) is 5.11 Å². The largest absolute Gasteiger partial charge is 0.513 e. The van der Waals surface area contributed by atoms with E-state index in [2.05, 4.69) is 68.9 Å². The first-order chi connectivity index (χ1) is 15.7. The van der Waals surface area contributed by atoms with Crippen LogP contribution in [0.2, 0.25) is 0 Å². The number of amides is 1. The number of anilines is 2. The molecular weight excluding hydrogens is 430 g/mol. The number of thiophene rings is 1. The summed E-state index contributed by atoms with van der Waals surface area (Å²) in [5.74, 6) is 1.54. The number of hydrogen-bond acceptors (Lipinski definition) is 5. The molecular formula is C27H39N3O2S. The number of rotatable bonds is 8. The summed E-state index contributed by atoms with van der Waals surface area (Å²) in [5, 5.41) is 19.0. The highest BCUT2D eigenvalue weighted by molar-refractivity contribution is 7.16. The molecule has 1 aromatic carbocycles. The van der Waals surface area contributed by atoms with E-state index in [1.54, 1.807) is 18.4 Å². The molecule has 6 heteroatoms. The number of fused-ring (bicyclic) bond motifs is 1. The monoisotopic (exact) mass is 469 g/mol. The Hall–Kier alpha value is -2.73. The molecule has 1 aliphatic carbocycles. The van der Waals surface area contributed by atoms with Crippen LogP contribution in [0, 0.1) is 19.8 Å². The molecule has 1 aromatic heterocycles. The maximum Gasteiger partial charge on any atom is 0.254 e. The van der Waals surface area contributed by atoms with Crippen LogP contribution in [0.3, 0.4) is 0 Å². The second-order valence-corrected chi connectivity index (χ2v) is 9.88. The van der Waals surface area contributed by atoms with E-state index < -0.39 is 0 Å². The van der Waals surface area contributed by atoms with E-state index in [9.17, 15) is 4.79 Å². The third kappa shape index (κ3) is 7.39. The van der Waals surface area contributed by atoms with Crippen molar-refractivity contribution in [2.75, 3.05) is 17.7 Å². The predicted molar refractivity (Wildman–Crippen MR) is 142 cm³/mol. The second-order valence-electron chi connectivity index (χ2n) is 8.77. The van der Waals surface area contributed by atoms with Crippen LogP contribution in [-0.4, -0.2) is 18.1 Å². The van der Waals surface area contributed by atoms with Crippen molar-refractivity contribution in [3.05, 3.63) is 70.1 Å². The third-order valence-electron chi connectivity index (χ3n) is 5.93. The fourth-order valence-corrected chi connectivity index (χ4v) is 5.21. The maximum atomic E-state index is 12.4. The maximum absolute atomic E-state index is 12.4. The Morgan fingerprint density at radius 2 is 1.79 bits per heavy atom. The Bertz CT molecular complexity index is 973. The number of carbonyl (C=O) groups excluding carboxylic acids is 1. The Balaban J connectivity index is 0.000000414. The number of benzene rings is 1. The van der Waals surface area contributed by atoms with Gasteiger partial charge in [0.2, 0.25) is 0 Å². The van der Waals surface area contributed by atoms with E-state index in [0.29, 0.717) is 17.5 Å². The standard InChI is InChI=1S/C20H25N3OS.C7H14O/c1-12-8-7-9-13(2)18(12)22-14(3)23-20-17(19(24)21-4)15-10-5-6-11-16(15)25-20;1-4-6(2)5-7(3)8/h7-9,22-23H,3,5-6,10-11H2,1-2,4H3,(H,21,24);6,8H,3-5H2,1-2H3/t;6-/m.0/s1. The number of allylic oxidation sites excluding steroid dienone is 1. The first-order valence-corrected chi connectivity index (χ1v) is 12.5. The number of aliphatic hydroxyl groups excluding tert-OH is 1. The van der Waals surface area contributed by atoms with Crippen LogP contribution in [0.25, 0.3) is 0 Å². The minimum absolute atomic E-state index is 0.0261. The van der Waals surface area contributed by atoms with Gasteiger partial charge in [0, 0.05) is 24.0 Å². The molecule has 3 rings (SSSR count). The lowest BCUT2D eigenvalue weighted by Gasteiger charge is -2.16. The molecule has 0 spiro atoms. The minimum atomic E-state index is -0.0261. The summed E-state index contributed by atoms with van der Waals surface area (Å²) < 4.78 is 0. The summed E-state index contributed by atoms with van der Waals surface area (Å²) in [6, 6.07) is 6.19. The molecule has 1 atom stereocenters. The number of aliphatic hydroxyl groups is 1. The summed E-state index contributed by atoms with van der Waals surface area (Å²) in [4.78, 5) is 13.7. The molecule has 0 saturated carbocycles. The van der Waals surface area contributed by atoms with Crippen molar-refractivity contribution in [2.24, 2.45) is 5.92 Å². The number of nitrogens with one attached hydrogen (secondary N) is 3. The molecule has 2 aromatic rings. The normalized spacial score (nSPS) is 13.1. The van der Waals surface area contributed by atoms with Crippen LogP contribution >= 0.6 is 11.3 Å². The highest BCUT2D eigenvalue weighted by Gasteiger charge is 2.25. The third-order valence-corrected chi connectivity index (χ3v) is 7.14. The average molecular weight is 470 g/mol. The van der Waals surface area contributed by atoms with Gasteiger partial charge in [-0.25, -0.2) is 0 Å². The molecule has 0 unspecified atom stereocenters. The average Bonchev–Trinajstić information content (AvgIpc) is 3.13. The lowest BCUT2D eigenvalue weighted by Crippen LogP contribution is -2.21. The first-order valence-electron chi connectivity index (χ1n) is 11.7. The zero-order valence-corrected chi connectivity index (χ0v) is 21.5. The van der Waals surface area contributed by atoms with Crippen LogP contribution in [0.15, 0.2) is 42.9 Å². The molecule has 1 amide bonds. The van der Waals surface area contributed by atoms with E-state index in [1.807, 2.05) is 6.07 Å². The van der Waals surface area contributed by atoms with Gasteiger partial charge in [0.05, 0.1) is 11.3 Å². The Morgan fingerprint density at radius 1 is 1.15 bits per heavy atom. The quantitative estimate of drug-likeness (QED) is 0.311. The van der Waals surface area contributed by atoms with Gasteiger partial charge < -0.3 is 21.1 Å². The summed E-state index contributed by atoms with van der Waals surface area (Å²) in [5.41, 5.74) is 5.38. The van der Waals surface area contributed by atoms with Gasteiger partial charge >= 0.3 is 0 Å². The van der Waals surface area contributed by atoms with Crippen molar-refractivity contribution < 1.29 is 9.90 Å². The SMILES string of the molecule is C=C(Nc1sc2c(c1C(=O)NC)CCCC2)Nc1c(C)cccc1C.C=C(O)C[C@@H](C)CC. The summed E-state index contributed by atoms with van der Waals surface area (Å²) in [6.45, 7) is 15.9. The molecule has 0 radical (unpaired) electrons. The molecule has 0 bridgehead atoms. The molecule has 33 heavy (non-hydrogen) atoms. The van der Waals surface area contributed by atoms with Gasteiger partial charge in [0.1, 0.15) is 10.8 Å². The van der Waals surface area contributed by atoms with Gasteiger partial charge in [-0.2, -0.15) is 0 Å². The fraction of sp³-hybridized carbons (Fsp3) is 0.444. The van der Waals surface area contributed by atoms with Crippen molar-refractivity contribution in [3.8, 4) is 0 Å². The second kappa shape index (κ2) is 12.5. The summed E-state index contributed by atoms with van der Waals surface area (Å²) >= 11 is 1.68. The van der Waals surface area contributed by atoms with Crippen LogP contribution in [0.5, 0.6) is 0 Å². The molecule has 0 aliphatic heterocycles. The van der Waals surface area contributed by atoms with E-state index in [1.165, 1.54) is 28.0 Å². The minimum Gasteiger partial charge on any atom is -0.513 e. The van der Waals surface area contributed by atoms with Crippen molar-refractivity contribution in [2.45, 2.75) is 66.2 Å². The van der Waals surface area contributed by atoms with Crippen molar-refractivity contribution in [3.63, 3.8) is 0 Å². The Kier molecular flexibility index (Phi) is 10.0. The molecule has 0 fully saturated rings. The van der Waals surface area contributed by atoms with Gasteiger partial charge in [-0.1, -0.05) is 51.6 Å². The van der Waals surface area contributed by atoms with Gasteiger partial charge in [0.25, 0.3) is 5.91 Å². The smallest absolute Gasteiger partial charge is 0.254 e. The molecule has 1 heterocycles. The summed E-state index contributed by atoms with van der Waals surface area (Å²) in [7, 11) is 1.68. The highest BCUT2D eigenvalue weighted by Crippen LogP contribution is 2.38. The Labute approximate surface area is 203 Å². The zero-order chi connectivity index (χ0) is 24.5. The van der Waals surface area contributed by atoms with E-state index in [-0.39, 0.29) is 5.91 Å². The topological polar surface area (TPSA) is 73.4 Å². The van der Waals surface area contributed by atoms with E-state index in [0.717, 1.165) is 48.4 Å². The molecule has 180 valence electrons. The first kappa shape index (κ1) is 26.5. The van der Waals surface area contributed by atoms with Crippen LogP contribution < -0.4 is 16.0 Å². The molecule has 5 nitrogen and oxygen atoms in total. The molecule has 1 aliphatic rings. The molecule has 0 saturated heterocycles. The number of para-hydroxylation sites is 1. The van der Waals surface area contributed by atoms with Crippen LogP contribution in [0.4, 0.5) is 10.7 Å². The predicted octanol–water partition coefficient (Wildman–Crippen LogP) is 7.09. The lowest BCUT2D eigenvalue weighted by molar-refractivity contribution is 0.0963. The van der Waals surface area contributed by atoms with Crippen molar-refractivity contribution >= 4 is 27.9 Å². The van der Waals surface area contributed by atoms with Gasteiger partial charge in [-0.3, -0.25) is 4.79 Å². The van der Waals surface area contributed by atoms with Crippen molar-refractivity contribution in [1.82, 2.24) is 5.32 Å². The summed E-state index contributed by atoms with van der Waals surface area (Å²) in [6.07, 6.45) is 6.24. The fourth-order valence-electron chi connectivity index (χ4n) is 3.90. The highest BCUT2D eigenvalue weighted by atomic mass is 32.1. The van der Waals surface area contributed by atoms with Gasteiger partial charge in [0.15, 0.2) is 0 Å². The van der Waals surface area contributed by atoms with Gasteiger partial charge in [-0.05, 0) is 62.1 Å².